The molecule has 0 saturated carbocycles. The Morgan fingerprint density at radius 1 is 1.47 bits per heavy atom. The number of pyridine rings is 1. The lowest BCUT2D eigenvalue weighted by Crippen LogP contribution is -2.24. The predicted octanol–water partition coefficient (Wildman–Crippen LogP) is -0.511. The molecule has 1 aliphatic heterocycles. The van der Waals surface area contributed by atoms with E-state index in [1.54, 1.807) is 17.0 Å². The fourth-order valence-electron chi connectivity index (χ4n) is 1.68. The molecule has 3 atom stereocenters. The Kier molecular flexibility index (Phi) is 2.86. The summed E-state index contributed by atoms with van der Waals surface area (Å²) in [7, 11) is 0. The van der Waals surface area contributed by atoms with Crippen LogP contribution in [0.5, 0.6) is 0 Å². The second-order valence-electron chi connectivity index (χ2n) is 3.60. The molecular weight excluding hydrogens is 198 g/mol. The van der Waals surface area contributed by atoms with Crippen LogP contribution in [0.4, 0.5) is 0 Å². The van der Waals surface area contributed by atoms with Gasteiger partial charge in [0.05, 0.1) is 12.7 Å². The van der Waals surface area contributed by atoms with Crippen LogP contribution in [-0.2, 0) is 4.74 Å². The quantitative estimate of drug-likeness (QED) is 0.691. The van der Waals surface area contributed by atoms with Gasteiger partial charge in [-0.25, -0.2) is 0 Å². The van der Waals surface area contributed by atoms with Crippen molar-refractivity contribution < 1.29 is 14.9 Å². The lowest BCUT2D eigenvalue weighted by molar-refractivity contribution is -0.0445. The maximum absolute atomic E-state index is 10.9. The molecule has 5 heteroatoms. The minimum absolute atomic E-state index is 0.0662. The summed E-state index contributed by atoms with van der Waals surface area (Å²) in [6, 6.07) is 2.87. The van der Waals surface area contributed by atoms with E-state index in [1.807, 2.05) is 0 Å². The highest BCUT2D eigenvalue weighted by molar-refractivity contribution is 4.96. The van der Waals surface area contributed by atoms with E-state index in [0.29, 0.717) is 6.42 Å². The van der Waals surface area contributed by atoms with Crippen molar-refractivity contribution >= 4 is 0 Å². The van der Waals surface area contributed by atoms with Crippen molar-refractivity contribution in [2.75, 3.05) is 6.61 Å². The fourth-order valence-corrected chi connectivity index (χ4v) is 1.68. The fraction of sp³-hybridized carbons (Fsp3) is 0.500. The topological polar surface area (TPSA) is 71.7 Å². The molecule has 82 valence electrons. The number of hydrogen-bond donors (Lipinski definition) is 2. The molecule has 1 aliphatic rings. The van der Waals surface area contributed by atoms with Gasteiger partial charge in [0.15, 0.2) is 5.43 Å². The number of aliphatic hydroxyl groups excluding tert-OH is 2. The monoisotopic (exact) mass is 211 g/mol. The van der Waals surface area contributed by atoms with E-state index in [4.69, 9.17) is 9.84 Å². The summed E-state index contributed by atoms with van der Waals surface area (Å²) < 4.78 is 7.12. The molecule has 0 aliphatic carbocycles. The van der Waals surface area contributed by atoms with Crippen LogP contribution < -0.4 is 5.43 Å². The van der Waals surface area contributed by atoms with Gasteiger partial charge in [-0.3, -0.25) is 4.79 Å². The molecule has 0 spiro atoms. The van der Waals surface area contributed by atoms with E-state index in [1.165, 1.54) is 12.1 Å². The van der Waals surface area contributed by atoms with E-state index in [-0.39, 0.29) is 18.3 Å². The first-order valence-electron chi connectivity index (χ1n) is 4.83. The van der Waals surface area contributed by atoms with Gasteiger partial charge in [0.2, 0.25) is 0 Å². The van der Waals surface area contributed by atoms with Crippen LogP contribution in [0.25, 0.3) is 0 Å². The number of aromatic nitrogens is 1. The minimum Gasteiger partial charge on any atom is -0.394 e. The Morgan fingerprint density at radius 3 is 2.67 bits per heavy atom. The van der Waals surface area contributed by atoms with E-state index in [9.17, 15) is 9.90 Å². The average molecular weight is 211 g/mol. The van der Waals surface area contributed by atoms with Gasteiger partial charge in [0.1, 0.15) is 12.3 Å². The number of rotatable bonds is 2. The molecule has 2 N–H and O–H groups in total. The summed E-state index contributed by atoms with van der Waals surface area (Å²) in [5.74, 6) is 0. The first-order valence-corrected chi connectivity index (χ1v) is 4.83. The molecule has 0 radical (unpaired) electrons. The van der Waals surface area contributed by atoms with Crippen LogP contribution in [0.1, 0.15) is 12.6 Å². The van der Waals surface area contributed by atoms with E-state index < -0.39 is 12.2 Å². The van der Waals surface area contributed by atoms with Gasteiger partial charge in [0, 0.05) is 30.9 Å². The molecule has 0 unspecified atom stereocenters. The number of ether oxygens (including phenoxy) is 1. The molecule has 1 aromatic heterocycles. The Balaban J connectivity index is 2.13. The standard InChI is InChI=1S/C10H13NO4/c12-6-9-8(14)5-10(15-9)11-3-1-7(13)2-4-11/h1-4,8-10,12,14H,5-6H2/t8-,9+,10-/m0/s1. The van der Waals surface area contributed by atoms with Crippen molar-refractivity contribution in [1.29, 1.82) is 0 Å². The maximum atomic E-state index is 10.9. The van der Waals surface area contributed by atoms with Gasteiger partial charge < -0.3 is 19.5 Å². The summed E-state index contributed by atoms with van der Waals surface area (Å²) in [6.07, 6.45) is 2.15. The third kappa shape index (κ3) is 2.09. The summed E-state index contributed by atoms with van der Waals surface area (Å²) in [5, 5.41) is 18.4. The van der Waals surface area contributed by atoms with E-state index >= 15 is 0 Å². The van der Waals surface area contributed by atoms with Crippen LogP contribution >= 0.6 is 0 Å². The average Bonchev–Trinajstić information content (AvgIpc) is 2.61. The summed E-state index contributed by atoms with van der Waals surface area (Å²) in [5.41, 5.74) is -0.0662. The normalized spacial score (nSPS) is 30.7. The van der Waals surface area contributed by atoms with Gasteiger partial charge in [-0.05, 0) is 0 Å². The van der Waals surface area contributed by atoms with Crippen LogP contribution in [-0.4, -0.2) is 33.6 Å². The molecule has 1 saturated heterocycles. The molecule has 2 rings (SSSR count). The predicted molar refractivity (Wildman–Crippen MR) is 52.3 cm³/mol. The van der Waals surface area contributed by atoms with Gasteiger partial charge in [-0.1, -0.05) is 0 Å². The van der Waals surface area contributed by atoms with Crippen molar-refractivity contribution in [2.45, 2.75) is 24.9 Å². The lowest BCUT2D eigenvalue weighted by Gasteiger charge is -2.14. The van der Waals surface area contributed by atoms with Crippen LogP contribution in [0.2, 0.25) is 0 Å². The highest BCUT2D eigenvalue weighted by Gasteiger charge is 2.33. The molecule has 15 heavy (non-hydrogen) atoms. The zero-order valence-corrected chi connectivity index (χ0v) is 8.11. The minimum atomic E-state index is -0.653. The van der Waals surface area contributed by atoms with Crippen molar-refractivity contribution in [3.63, 3.8) is 0 Å². The smallest absolute Gasteiger partial charge is 0.181 e. The first kappa shape index (κ1) is 10.4. The maximum Gasteiger partial charge on any atom is 0.181 e. The third-order valence-corrected chi connectivity index (χ3v) is 2.54. The van der Waals surface area contributed by atoms with Crippen LogP contribution in [0, 0.1) is 0 Å². The molecule has 1 fully saturated rings. The molecule has 0 aromatic carbocycles. The number of hydrogen-bond acceptors (Lipinski definition) is 4. The second kappa shape index (κ2) is 4.14. The Labute approximate surface area is 86.5 Å². The first-order chi connectivity index (χ1) is 7.20. The molecular formula is C10H13NO4. The number of aliphatic hydroxyl groups is 2. The molecule has 2 heterocycles. The molecule has 1 aromatic rings. The van der Waals surface area contributed by atoms with Crippen LogP contribution in [0.3, 0.4) is 0 Å². The zero-order chi connectivity index (χ0) is 10.8. The van der Waals surface area contributed by atoms with Gasteiger partial charge in [-0.15, -0.1) is 0 Å². The Morgan fingerprint density at radius 2 is 2.13 bits per heavy atom. The Hall–Kier alpha value is -1.17. The van der Waals surface area contributed by atoms with Gasteiger partial charge in [0.25, 0.3) is 0 Å². The highest BCUT2D eigenvalue weighted by atomic mass is 16.5. The van der Waals surface area contributed by atoms with E-state index in [0.717, 1.165) is 0 Å². The van der Waals surface area contributed by atoms with Gasteiger partial charge in [-0.2, -0.15) is 0 Å². The van der Waals surface area contributed by atoms with Crippen molar-refractivity contribution in [3.05, 3.63) is 34.7 Å². The largest absolute Gasteiger partial charge is 0.394 e. The van der Waals surface area contributed by atoms with E-state index in [2.05, 4.69) is 0 Å². The molecule has 0 bridgehead atoms. The van der Waals surface area contributed by atoms with Gasteiger partial charge >= 0.3 is 0 Å². The van der Waals surface area contributed by atoms with Crippen LogP contribution in [0.15, 0.2) is 29.3 Å². The second-order valence-corrected chi connectivity index (χ2v) is 3.60. The molecule has 0 amide bonds. The Bertz CT molecular complexity index is 369. The molecule has 5 nitrogen and oxygen atoms in total. The SMILES string of the molecule is O=c1ccn([C@@H]2C[C@H](O)[C@@H](CO)O2)cc1. The highest BCUT2D eigenvalue weighted by Crippen LogP contribution is 2.27. The van der Waals surface area contributed by atoms with Crippen molar-refractivity contribution in [1.82, 2.24) is 4.57 Å². The van der Waals surface area contributed by atoms with Crippen molar-refractivity contribution in [3.8, 4) is 0 Å². The number of nitrogens with zero attached hydrogens (tertiary/aromatic N) is 1. The summed E-state index contributed by atoms with van der Waals surface area (Å²) in [4.78, 5) is 10.9. The summed E-state index contributed by atoms with van der Waals surface area (Å²) >= 11 is 0. The van der Waals surface area contributed by atoms with Crippen molar-refractivity contribution in [2.24, 2.45) is 0 Å². The zero-order valence-electron chi connectivity index (χ0n) is 8.11. The summed E-state index contributed by atoms with van der Waals surface area (Å²) in [6.45, 7) is -0.197. The third-order valence-electron chi connectivity index (χ3n) is 2.54. The lowest BCUT2D eigenvalue weighted by atomic mass is 10.2.